The van der Waals surface area contributed by atoms with Crippen molar-refractivity contribution in [2.45, 2.75) is 6.54 Å². The number of urea groups is 1. The fourth-order valence-electron chi connectivity index (χ4n) is 1.81. The number of hydrogen-bond donors (Lipinski definition) is 2. The molecule has 1 saturated heterocycles. The van der Waals surface area contributed by atoms with Crippen LogP contribution in [-0.4, -0.2) is 76.6 Å². The van der Waals surface area contributed by atoms with Crippen LogP contribution in [0.3, 0.4) is 0 Å². The summed E-state index contributed by atoms with van der Waals surface area (Å²) in [5.74, 6) is -1.21. The van der Waals surface area contributed by atoms with Gasteiger partial charge in [0.25, 0.3) is 0 Å². The molecule has 2 N–H and O–H groups in total. The van der Waals surface area contributed by atoms with Crippen molar-refractivity contribution >= 4 is 21.8 Å². The van der Waals surface area contributed by atoms with Crippen molar-refractivity contribution in [2.75, 3.05) is 31.1 Å². The van der Waals surface area contributed by atoms with E-state index in [0.29, 0.717) is 0 Å². The summed E-state index contributed by atoms with van der Waals surface area (Å²) in [6, 6.07) is -0.344. The maximum absolute atomic E-state index is 11.8. The van der Waals surface area contributed by atoms with Gasteiger partial charge in [-0.2, -0.15) is 0 Å². The van der Waals surface area contributed by atoms with Crippen molar-refractivity contribution < 1.29 is 23.1 Å². The highest BCUT2D eigenvalue weighted by Crippen LogP contribution is 2.03. The number of nitrogens with one attached hydrogen (secondary N) is 1. The molecule has 0 spiro atoms. The number of rotatable bonds is 4. The highest BCUT2D eigenvalue weighted by molar-refractivity contribution is 7.91. The molecule has 21 heavy (non-hydrogen) atoms. The van der Waals surface area contributed by atoms with Crippen molar-refractivity contribution in [3.05, 3.63) is 11.9 Å². The molecule has 0 atom stereocenters. The lowest BCUT2D eigenvalue weighted by molar-refractivity contribution is 0.0690. The van der Waals surface area contributed by atoms with Gasteiger partial charge in [-0.25, -0.2) is 22.7 Å². The second-order valence-corrected chi connectivity index (χ2v) is 6.85. The Balaban J connectivity index is 1.75. The number of nitrogens with zero attached hydrogens (tertiary/aromatic N) is 4. The molecule has 0 bridgehead atoms. The number of aromatic carboxylic acids is 1. The summed E-state index contributed by atoms with van der Waals surface area (Å²) < 4.78 is 23.8. The molecule has 10 nitrogen and oxygen atoms in total. The van der Waals surface area contributed by atoms with Gasteiger partial charge in [0, 0.05) is 19.6 Å². The van der Waals surface area contributed by atoms with Crippen LogP contribution in [0, 0.1) is 0 Å². The third-order valence-electron chi connectivity index (χ3n) is 3.01. The summed E-state index contributed by atoms with van der Waals surface area (Å²) in [6.45, 7) is 0.879. The zero-order valence-corrected chi connectivity index (χ0v) is 11.9. The first kappa shape index (κ1) is 15.2. The zero-order valence-electron chi connectivity index (χ0n) is 11.1. The fraction of sp³-hybridized carbons (Fsp3) is 0.600. The van der Waals surface area contributed by atoms with Gasteiger partial charge in [0.05, 0.1) is 24.2 Å². The van der Waals surface area contributed by atoms with E-state index in [1.807, 2.05) is 0 Å². The van der Waals surface area contributed by atoms with Gasteiger partial charge in [-0.05, 0) is 0 Å². The van der Waals surface area contributed by atoms with Crippen LogP contribution in [0.15, 0.2) is 6.20 Å². The van der Waals surface area contributed by atoms with Gasteiger partial charge in [-0.1, -0.05) is 5.21 Å². The van der Waals surface area contributed by atoms with E-state index >= 15 is 0 Å². The number of carbonyl (C=O) groups is 2. The molecular weight excluding hydrogens is 302 g/mol. The molecule has 0 aromatic carbocycles. The summed E-state index contributed by atoms with van der Waals surface area (Å²) in [6.07, 6.45) is 1.27. The molecule has 2 heterocycles. The zero-order chi connectivity index (χ0) is 15.5. The molecule has 2 amide bonds. The molecule has 1 aromatic rings. The van der Waals surface area contributed by atoms with E-state index in [2.05, 4.69) is 15.6 Å². The van der Waals surface area contributed by atoms with E-state index in [1.54, 1.807) is 0 Å². The van der Waals surface area contributed by atoms with E-state index in [4.69, 9.17) is 5.11 Å². The second-order valence-electron chi connectivity index (χ2n) is 4.54. The summed E-state index contributed by atoms with van der Waals surface area (Å²) in [7, 11) is -3.02. The number of carbonyl (C=O) groups excluding carboxylic acids is 1. The van der Waals surface area contributed by atoms with Gasteiger partial charge < -0.3 is 15.3 Å². The third kappa shape index (κ3) is 4.15. The number of sulfone groups is 1. The first-order chi connectivity index (χ1) is 9.87. The molecule has 0 saturated carbocycles. The quantitative estimate of drug-likeness (QED) is 0.684. The van der Waals surface area contributed by atoms with Crippen LogP contribution in [0.2, 0.25) is 0 Å². The predicted molar refractivity (Wildman–Crippen MR) is 70.6 cm³/mol. The fourth-order valence-corrected chi connectivity index (χ4v) is 3.01. The number of carboxylic acids is 1. The molecule has 1 fully saturated rings. The highest BCUT2D eigenvalue weighted by Gasteiger charge is 2.24. The van der Waals surface area contributed by atoms with Crippen molar-refractivity contribution in [1.82, 2.24) is 25.2 Å². The average molecular weight is 317 g/mol. The van der Waals surface area contributed by atoms with Gasteiger partial charge in [0.15, 0.2) is 15.5 Å². The first-order valence-electron chi connectivity index (χ1n) is 6.24. The van der Waals surface area contributed by atoms with Crippen LogP contribution in [0.25, 0.3) is 0 Å². The number of amides is 2. The summed E-state index contributed by atoms with van der Waals surface area (Å²) in [5, 5.41) is 18.4. The second kappa shape index (κ2) is 6.08. The third-order valence-corrected chi connectivity index (χ3v) is 4.62. The molecule has 1 aromatic heterocycles. The Kier molecular flexibility index (Phi) is 4.40. The Morgan fingerprint density at radius 3 is 2.57 bits per heavy atom. The minimum Gasteiger partial charge on any atom is -0.476 e. The van der Waals surface area contributed by atoms with Crippen molar-refractivity contribution in [3.8, 4) is 0 Å². The lowest BCUT2D eigenvalue weighted by atomic mass is 10.5. The predicted octanol–water partition coefficient (Wildman–Crippen LogP) is -1.58. The van der Waals surface area contributed by atoms with Gasteiger partial charge in [-0.15, -0.1) is 5.10 Å². The van der Waals surface area contributed by atoms with E-state index in [9.17, 15) is 18.0 Å². The molecule has 0 unspecified atom stereocenters. The van der Waals surface area contributed by atoms with E-state index in [-0.39, 0.29) is 49.4 Å². The normalized spacial score (nSPS) is 17.4. The smallest absolute Gasteiger partial charge is 0.358 e. The van der Waals surface area contributed by atoms with Crippen LogP contribution < -0.4 is 5.32 Å². The number of hydrogen-bond acceptors (Lipinski definition) is 6. The molecule has 1 aliphatic heterocycles. The SMILES string of the molecule is O=C(O)c1cn(CCNC(=O)N2CCS(=O)(=O)CC2)nn1. The van der Waals surface area contributed by atoms with Crippen LogP contribution in [0.5, 0.6) is 0 Å². The molecule has 0 aliphatic carbocycles. The van der Waals surface area contributed by atoms with Gasteiger partial charge >= 0.3 is 12.0 Å². The molecular formula is C10H15N5O5S. The highest BCUT2D eigenvalue weighted by atomic mass is 32.2. The van der Waals surface area contributed by atoms with Gasteiger partial charge in [0.1, 0.15) is 0 Å². The monoisotopic (exact) mass is 317 g/mol. The maximum atomic E-state index is 11.8. The Labute approximate surface area is 120 Å². The summed E-state index contributed by atoms with van der Waals surface area (Å²) >= 11 is 0. The average Bonchev–Trinajstić information content (AvgIpc) is 2.87. The van der Waals surface area contributed by atoms with E-state index in [1.165, 1.54) is 15.8 Å². The van der Waals surface area contributed by atoms with Gasteiger partial charge in [-0.3, -0.25) is 0 Å². The maximum Gasteiger partial charge on any atom is 0.358 e. The first-order valence-corrected chi connectivity index (χ1v) is 8.06. The van der Waals surface area contributed by atoms with Crippen molar-refractivity contribution in [3.63, 3.8) is 0 Å². The van der Waals surface area contributed by atoms with Crippen LogP contribution in [-0.2, 0) is 16.4 Å². The van der Waals surface area contributed by atoms with Crippen molar-refractivity contribution in [1.29, 1.82) is 0 Å². The Bertz CT molecular complexity index is 626. The van der Waals surface area contributed by atoms with E-state index < -0.39 is 15.8 Å². The molecule has 11 heteroatoms. The minimum absolute atomic E-state index is 0.0224. The van der Waals surface area contributed by atoms with Crippen LogP contribution in [0.1, 0.15) is 10.5 Å². The van der Waals surface area contributed by atoms with E-state index in [0.717, 1.165) is 0 Å². The Morgan fingerprint density at radius 2 is 2.00 bits per heavy atom. The molecule has 2 rings (SSSR count). The molecule has 1 aliphatic rings. The van der Waals surface area contributed by atoms with Gasteiger partial charge in [0.2, 0.25) is 0 Å². The summed E-state index contributed by atoms with van der Waals surface area (Å²) in [4.78, 5) is 23.8. The van der Waals surface area contributed by atoms with Crippen LogP contribution >= 0.6 is 0 Å². The standard InChI is InChI=1S/C10H15N5O5S/c16-9(17)8-7-15(13-12-8)2-1-11-10(18)14-3-5-21(19,20)6-4-14/h7H,1-6H2,(H,11,18)(H,16,17). The number of carboxylic acid groups (broad SMARTS) is 1. The summed E-state index contributed by atoms with van der Waals surface area (Å²) in [5.41, 5.74) is -0.164. The Hall–Kier alpha value is -2.17. The largest absolute Gasteiger partial charge is 0.476 e. The van der Waals surface area contributed by atoms with Crippen molar-refractivity contribution in [2.24, 2.45) is 0 Å². The lowest BCUT2D eigenvalue weighted by Gasteiger charge is -2.26. The lowest BCUT2D eigenvalue weighted by Crippen LogP contribution is -2.48. The minimum atomic E-state index is -3.02. The molecule has 0 radical (unpaired) electrons. The van der Waals surface area contributed by atoms with Crippen LogP contribution in [0.4, 0.5) is 4.79 Å². The Morgan fingerprint density at radius 1 is 1.33 bits per heavy atom. The molecule has 116 valence electrons. The number of aromatic nitrogens is 3. The topological polar surface area (TPSA) is 134 Å².